The van der Waals surface area contributed by atoms with E-state index in [0.717, 1.165) is 22.3 Å². The zero-order valence-corrected chi connectivity index (χ0v) is 19.8. The largest absolute Gasteiger partial charge is 0.493 e. The fourth-order valence-corrected chi connectivity index (χ4v) is 3.28. The maximum Gasteiger partial charge on any atom is 0.191 e. The molecule has 1 heterocycles. The van der Waals surface area contributed by atoms with E-state index in [0.29, 0.717) is 24.6 Å². The number of methoxy groups -OCH3 is 1. The lowest BCUT2D eigenvalue weighted by Gasteiger charge is -2.12. The number of ether oxygens (including phenoxy) is 2. The number of rotatable bonds is 7. The van der Waals surface area contributed by atoms with Crippen LogP contribution in [0.2, 0.25) is 0 Å². The van der Waals surface area contributed by atoms with E-state index in [1.807, 2.05) is 54.7 Å². The third-order valence-electron chi connectivity index (χ3n) is 3.98. The number of nitrogens with zero attached hydrogens (tertiary/aromatic N) is 2. The Morgan fingerprint density at radius 2 is 1.72 bits per heavy atom. The zero-order chi connectivity index (χ0) is 19.8. The van der Waals surface area contributed by atoms with Crippen molar-refractivity contribution in [3.63, 3.8) is 0 Å². The van der Waals surface area contributed by atoms with Gasteiger partial charge in [0.15, 0.2) is 17.5 Å². The van der Waals surface area contributed by atoms with Gasteiger partial charge in [-0.25, -0.2) is 4.98 Å². The predicted octanol–water partition coefficient (Wildman–Crippen LogP) is 4.74. The number of thiazole rings is 1. The molecule has 0 saturated carbocycles. The summed E-state index contributed by atoms with van der Waals surface area (Å²) in [5.41, 5.74) is 1.13. The molecule has 8 heteroatoms. The quantitative estimate of drug-likeness (QED) is 0.266. The molecule has 0 unspecified atom stereocenters. The summed E-state index contributed by atoms with van der Waals surface area (Å²) in [5, 5.41) is 7.62. The molecule has 0 aliphatic carbocycles. The summed E-state index contributed by atoms with van der Waals surface area (Å²) in [5.74, 6) is 2.90. The molecule has 1 aromatic heterocycles. The first-order valence-electron chi connectivity index (χ1n) is 8.93. The SMILES string of the molecule is CN=C(NCc1ccc(Oc2ccccc2OC)cc1)NCc1ncc(C)s1.I. The van der Waals surface area contributed by atoms with Gasteiger partial charge in [0.25, 0.3) is 0 Å². The molecule has 154 valence electrons. The highest BCUT2D eigenvalue weighted by Crippen LogP contribution is 2.30. The Balaban J connectivity index is 0.00000300. The lowest BCUT2D eigenvalue weighted by Crippen LogP contribution is -2.36. The average Bonchev–Trinajstić information content (AvgIpc) is 3.15. The monoisotopic (exact) mass is 524 g/mol. The van der Waals surface area contributed by atoms with Gasteiger partial charge < -0.3 is 20.1 Å². The van der Waals surface area contributed by atoms with Crippen molar-refractivity contribution in [1.82, 2.24) is 15.6 Å². The lowest BCUT2D eigenvalue weighted by molar-refractivity contribution is 0.379. The minimum Gasteiger partial charge on any atom is -0.493 e. The van der Waals surface area contributed by atoms with E-state index in [4.69, 9.17) is 9.47 Å². The molecule has 0 aliphatic heterocycles. The van der Waals surface area contributed by atoms with Crippen LogP contribution in [0.1, 0.15) is 15.4 Å². The van der Waals surface area contributed by atoms with Gasteiger partial charge in [-0.15, -0.1) is 35.3 Å². The van der Waals surface area contributed by atoms with E-state index in [1.54, 1.807) is 25.5 Å². The van der Waals surface area contributed by atoms with Gasteiger partial charge in [-0.05, 0) is 36.8 Å². The Bertz CT molecular complexity index is 928. The Morgan fingerprint density at radius 3 is 2.34 bits per heavy atom. The molecule has 0 aliphatic rings. The summed E-state index contributed by atoms with van der Waals surface area (Å²) >= 11 is 1.68. The first-order valence-corrected chi connectivity index (χ1v) is 9.75. The van der Waals surface area contributed by atoms with Crippen molar-refractivity contribution < 1.29 is 9.47 Å². The maximum absolute atomic E-state index is 5.90. The van der Waals surface area contributed by atoms with E-state index in [9.17, 15) is 0 Å². The molecule has 6 nitrogen and oxygen atoms in total. The molecule has 0 saturated heterocycles. The maximum atomic E-state index is 5.90. The molecular formula is C21H25IN4O2S. The number of hydrogen-bond donors (Lipinski definition) is 2. The molecule has 29 heavy (non-hydrogen) atoms. The molecular weight excluding hydrogens is 499 g/mol. The van der Waals surface area contributed by atoms with Crippen LogP contribution in [-0.4, -0.2) is 25.1 Å². The van der Waals surface area contributed by atoms with Gasteiger partial charge in [0, 0.05) is 24.7 Å². The molecule has 2 aromatic carbocycles. The van der Waals surface area contributed by atoms with Crippen LogP contribution in [0.5, 0.6) is 17.2 Å². The highest BCUT2D eigenvalue weighted by molar-refractivity contribution is 14.0. The smallest absolute Gasteiger partial charge is 0.191 e. The third-order valence-corrected chi connectivity index (χ3v) is 4.89. The number of hydrogen-bond acceptors (Lipinski definition) is 5. The van der Waals surface area contributed by atoms with Gasteiger partial charge in [-0.1, -0.05) is 24.3 Å². The zero-order valence-electron chi connectivity index (χ0n) is 16.6. The van der Waals surface area contributed by atoms with E-state index >= 15 is 0 Å². The van der Waals surface area contributed by atoms with Crippen LogP contribution in [0.4, 0.5) is 0 Å². The van der Waals surface area contributed by atoms with Crippen molar-refractivity contribution in [3.05, 3.63) is 70.2 Å². The van der Waals surface area contributed by atoms with E-state index in [-0.39, 0.29) is 24.0 Å². The van der Waals surface area contributed by atoms with Crippen LogP contribution >= 0.6 is 35.3 Å². The number of aromatic nitrogens is 1. The second-order valence-electron chi connectivity index (χ2n) is 6.04. The van der Waals surface area contributed by atoms with Crippen LogP contribution in [0, 0.1) is 6.92 Å². The molecule has 0 fully saturated rings. The van der Waals surface area contributed by atoms with Gasteiger partial charge in [0.1, 0.15) is 10.8 Å². The molecule has 2 N–H and O–H groups in total. The van der Waals surface area contributed by atoms with Crippen molar-refractivity contribution in [2.45, 2.75) is 20.0 Å². The highest BCUT2D eigenvalue weighted by atomic mass is 127. The van der Waals surface area contributed by atoms with Crippen molar-refractivity contribution in [2.75, 3.05) is 14.2 Å². The average molecular weight is 524 g/mol. The van der Waals surface area contributed by atoms with Crippen molar-refractivity contribution >= 4 is 41.3 Å². The fourth-order valence-electron chi connectivity index (χ4n) is 2.55. The van der Waals surface area contributed by atoms with Crippen LogP contribution < -0.4 is 20.1 Å². The topological polar surface area (TPSA) is 67.8 Å². The van der Waals surface area contributed by atoms with Crippen LogP contribution in [0.3, 0.4) is 0 Å². The third kappa shape index (κ3) is 6.90. The molecule has 0 radical (unpaired) electrons. The molecule has 0 atom stereocenters. The van der Waals surface area contributed by atoms with E-state index in [1.165, 1.54) is 4.88 Å². The molecule has 3 aromatic rings. The van der Waals surface area contributed by atoms with Gasteiger partial charge in [0.05, 0.1) is 13.7 Å². The minimum atomic E-state index is 0. The lowest BCUT2D eigenvalue weighted by atomic mass is 10.2. The van der Waals surface area contributed by atoms with Crippen molar-refractivity contribution in [3.8, 4) is 17.2 Å². The molecule has 0 bridgehead atoms. The van der Waals surface area contributed by atoms with Crippen LogP contribution in [-0.2, 0) is 13.1 Å². The van der Waals surface area contributed by atoms with Gasteiger partial charge in [-0.2, -0.15) is 0 Å². The summed E-state index contributed by atoms with van der Waals surface area (Å²) in [6.45, 7) is 3.37. The molecule has 3 rings (SSSR count). The first kappa shape index (κ1) is 23.0. The Morgan fingerprint density at radius 1 is 1.03 bits per heavy atom. The minimum absolute atomic E-state index is 0. The van der Waals surface area contributed by atoms with Crippen molar-refractivity contribution in [1.29, 1.82) is 0 Å². The summed E-state index contributed by atoms with van der Waals surface area (Å²) in [4.78, 5) is 9.80. The van der Waals surface area contributed by atoms with Gasteiger partial charge >= 0.3 is 0 Å². The Labute approximate surface area is 192 Å². The number of benzene rings is 2. The van der Waals surface area contributed by atoms with Crippen LogP contribution in [0.15, 0.2) is 59.7 Å². The van der Waals surface area contributed by atoms with Gasteiger partial charge in [-0.3, -0.25) is 4.99 Å². The number of para-hydroxylation sites is 2. The number of nitrogens with one attached hydrogen (secondary N) is 2. The Hall–Kier alpha value is -2.33. The summed E-state index contributed by atoms with van der Waals surface area (Å²) < 4.78 is 11.2. The molecule has 0 spiro atoms. The standard InChI is InChI=1S/C21H24N4O2S.HI/c1-15-12-23-20(28-15)14-25-21(22-2)24-13-16-8-10-17(11-9-16)27-19-7-5-4-6-18(19)26-3;/h4-12H,13-14H2,1-3H3,(H2,22,24,25);1H. The number of aryl methyl sites for hydroxylation is 1. The first-order chi connectivity index (χ1) is 13.7. The predicted molar refractivity (Wildman–Crippen MR) is 129 cm³/mol. The fraction of sp³-hybridized carbons (Fsp3) is 0.238. The number of aliphatic imine (C=N–C) groups is 1. The Kier molecular flexibility index (Phi) is 9.20. The van der Waals surface area contributed by atoms with E-state index in [2.05, 4.69) is 27.5 Å². The van der Waals surface area contributed by atoms with Crippen molar-refractivity contribution in [2.24, 2.45) is 4.99 Å². The number of guanidine groups is 1. The summed E-state index contributed by atoms with van der Waals surface area (Å²) in [7, 11) is 3.39. The van der Waals surface area contributed by atoms with Crippen LogP contribution in [0.25, 0.3) is 0 Å². The normalized spacial score (nSPS) is 10.8. The second kappa shape index (κ2) is 11.6. The number of halogens is 1. The molecule has 0 amide bonds. The highest BCUT2D eigenvalue weighted by Gasteiger charge is 2.05. The van der Waals surface area contributed by atoms with E-state index < -0.39 is 0 Å². The van der Waals surface area contributed by atoms with Gasteiger partial charge in [0.2, 0.25) is 0 Å². The summed E-state index contributed by atoms with van der Waals surface area (Å²) in [6, 6.07) is 15.5. The second-order valence-corrected chi connectivity index (χ2v) is 7.36. The summed E-state index contributed by atoms with van der Waals surface area (Å²) in [6.07, 6.45) is 1.88.